The second kappa shape index (κ2) is 7.24. The van der Waals surface area contributed by atoms with Crippen LogP contribution in [0.2, 0.25) is 0 Å². The van der Waals surface area contributed by atoms with E-state index in [1.54, 1.807) is 11.8 Å². The number of carbonyl (C=O) groups is 2. The Bertz CT molecular complexity index is 294. The molecule has 1 heterocycles. The number of amides is 2. The van der Waals surface area contributed by atoms with E-state index in [1.165, 1.54) is 0 Å². The lowest BCUT2D eigenvalue weighted by atomic mass is 9.97. The van der Waals surface area contributed by atoms with Crippen LogP contribution in [-0.2, 0) is 9.53 Å². The summed E-state index contributed by atoms with van der Waals surface area (Å²) >= 11 is 0. The minimum Gasteiger partial charge on any atom is -0.450 e. The van der Waals surface area contributed by atoms with E-state index < -0.39 is 0 Å². The summed E-state index contributed by atoms with van der Waals surface area (Å²) < 4.78 is 4.97. The highest BCUT2D eigenvalue weighted by Gasteiger charge is 2.29. The van der Waals surface area contributed by atoms with Crippen molar-refractivity contribution in [2.75, 3.05) is 19.7 Å². The van der Waals surface area contributed by atoms with Crippen molar-refractivity contribution in [1.82, 2.24) is 10.2 Å². The molecule has 1 fully saturated rings. The summed E-state index contributed by atoms with van der Waals surface area (Å²) in [6, 6.07) is 0.190. The van der Waals surface area contributed by atoms with Crippen molar-refractivity contribution in [2.45, 2.75) is 46.1 Å². The van der Waals surface area contributed by atoms with E-state index in [-0.39, 0.29) is 24.0 Å². The summed E-state index contributed by atoms with van der Waals surface area (Å²) in [4.78, 5) is 25.3. The van der Waals surface area contributed by atoms with Crippen LogP contribution < -0.4 is 5.32 Å². The smallest absolute Gasteiger partial charge is 0.409 e. The highest BCUT2D eigenvalue weighted by molar-refractivity contribution is 5.80. The number of hydrogen-bond acceptors (Lipinski definition) is 3. The molecule has 2 amide bonds. The molecule has 0 aromatic rings. The van der Waals surface area contributed by atoms with E-state index in [1.807, 2.05) is 13.8 Å². The van der Waals surface area contributed by atoms with Gasteiger partial charge in [-0.15, -0.1) is 0 Å². The highest BCUT2D eigenvalue weighted by Crippen LogP contribution is 2.17. The first-order valence-electron chi connectivity index (χ1n) is 6.80. The number of nitrogens with one attached hydrogen (secondary N) is 1. The average Bonchev–Trinajstić information content (AvgIpc) is 2.39. The quantitative estimate of drug-likeness (QED) is 0.834. The number of nitrogens with zero attached hydrogens (tertiary/aromatic N) is 1. The van der Waals surface area contributed by atoms with Crippen molar-refractivity contribution in [1.29, 1.82) is 0 Å². The number of likely N-dealkylation sites (tertiary alicyclic amines) is 1. The van der Waals surface area contributed by atoms with Crippen LogP contribution >= 0.6 is 0 Å². The lowest BCUT2D eigenvalue weighted by Crippen LogP contribution is -2.47. The van der Waals surface area contributed by atoms with Gasteiger partial charge >= 0.3 is 6.09 Å². The Morgan fingerprint density at radius 2 is 2.17 bits per heavy atom. The number of piperidine rings is 1. The Kier molecular flexibility index (Phi) is 5.95. The third kappa shape index (κ3) is 4.20. The minimum atomic E-state index is -0.307. The first-order chi connectivity index (χ1) is 8.58. The van der Waals surface area contributed by atoms with Crippen molar-refractivity contribution in [3.63, 3.8) is 0 Å². The van der Waals surface area contributed by atoms with Crippen LogP contribution in [0.5, 0.6) is 0 Å². The maximum absolute atomic E-state index is 12.0. The number of ether oxygens (including phenoxy) is 1. The molecule has 5 heteroatoms. The van der Waals surface area contributed by atoms with E-state index in [4.69, 9.17) is 4.74 Å². The van der Waals surface area contributed by atoms with E-state index in [0.29, 0.717) is 19.7 Å². The van der Waals surface area contributed by atoms with Gasteiger partial charge in [0.2, 0.25) is 5.91 Å². The van der Waals surface area contributed by atoms with Gasteiger partial charge in [0.15, 0.2) is 0 Å². The SMILES string of the molecule is CCOC(=O)N1CCCC(C(=O)NC(C)CC)C1. The van der Waals surface area contributed by atoms with Gasteiger partial charge in [0.05, 0.1) is 12.5 Å². The summed E-state index contributed by atoms with van der Waals surface area (Å²) in [7, 11) is 0. The zero-order valence-electron chi connectivity index (χ0n) is 11.6. The van der Waals surface area contributed by atoms with Crippen LogP contribution in [0.15, 0.2) is 0 Å². The van der Waals surface area contributed by atoms with Crippen molar-refractivity contribution < 1.29 is 14.3 Å². The lowest BCUT2D eigenvalue weighted by molar-refractivity contribution is -0.127. The van der Waals surface area contributed by atoms with Crippen molar-refractivity contribution in [3.05, 3.63) is 0 Å². The first-order valence-corrected chi connectivity index (χ1v) is 6.80. The van der Waals surface area contributed by atoms with Crippen molar-refractivity contribution >= 4 is 12.0 Å². The summed E-state index contributed by atoms with van der Waals surface area (Å²) in [6.07, 6.45) is 2.31. The molecule has 0 spiro atoms. The largest absolute Gasteiger partial charge is 0.450 e. The summed E-state index contributed by atoms with van der Waals surface area (Å²) in [5.41, 5.74) is 0. The normalized spacial score (nSPS) is 21.3. The molecular formula is C13H24N2O3. The molecule has 0 radical (unpaired) electrons. The molecule has 1 saturated heterocycles. The zero-order valence-corrected chi connectivity index (χ0v) is 11.6. The monoisotopic (exact) mass is 256 g/mol. The van der Waals surface area contributed by atoms with Gasteiger partial charge in [0, 0.05) is 19.1 Å². The van der Waals surface area contributed by atoms with Gasteiger partial charge in [-0.05, 0) is 33.1 Å². The molecule has 1 N–H and O–H groups in total. The van der Waals surface area contributed by atoms with Crippen molar-refractivity contribution in [3.8, 4) is 0 Å². The molecule has 5 nitrogen and oxygen atoms in total. The average molecular weight is 256 g/mol. The van der Waals surface area contributed by atoms with E-state index in [2.05, 4.69) is 5.32 Å². The van der Waals surface area contributed by atoms with E-state index in [0.717, 1.165) is 19.3 Å². The molecule has 1 aliphatic heterocycles. The van der Waals surface area contributed by atoms with Crippen LogP contribution in [-0.4, -0.2) is 42.6 Å². The molecule has 1 rings (SSSR count). The molecular weight excluding hydrogens is 232 g/mol. The molecule has 104 valence electrons. The third-order valence-electron chi connectivity index (χ3n) is 3.32. The Hall–Kier alpha value is -1.26. The molecule has 0 aromatic carbocycles. The third-order valence-corrected chi connectivity index (χ3v) is 3.32. The van der Waals surface area contributed by atoms with Crippen LogP contribution in [0.25, 0.3) is 0 Å². The number of hydrogen-bond donors (Lipinski definition) is 1. The van der Waals surface area contributed by atoms with Crippen molar-refractivity contribution in [2.24, 2.45) is 5.92 Å². The fraction of sp³-hybridized carbons (Fsp3) is 0.846. The van der Waals surface area contributed by atoms with Gasteiger partial charge in [-0.3, -0.25) is 4.79 Å². The van der Waals surface area contributed by atoms with Gasteiger partial charge in [-0.25, -0.2) is 4.79 Å². The van der Waals surface area contributed by atoms with Crippen LogP contribution in [0.4, 0.5) is 4.79 Å². The predicted molar refractivity (Wildman–Crippen MR) is 69.2 cm³/mol. The Balaban J connectivity index is 2.47. The maximum Gasteiger partial charge on any atom is 0.409 e. The standard InChI is InChI=1S/C13H24N2O3/c1-4-10(3)14-12(16)11-7-6-8-15(9-11)13(17)18-5-2/h10-11H,4-9H2,1-3H3,(H,14,16). The van der Waals surface area contributed by atoms with Gasteiger partial charge in [-0.1, -0.05) is 6.92 Å². The topological polar surface area (TPSA) is 58.6 Å². The Morgan fingerprint density at radius 1 is 1.44 bits per heavy atom. The second-order valence-electron chi connectivity index (χ2n) is 4.80. The molecule has 18 heavy (non-hydrogen) atoms. The molecule has 0 aromatic heterocycles. The van der Waals surface area contributed by atoms with Gasteiger partial charge in [-0.2, -0.15) is 0 Å². The van der Waals surface area contributed by atoms with E-state index in [9.17, 15) is 9.59 Å². The van der Waals surface area contributed by atoms with E-state index >= 15 is 0 Å². The molecule has 1 aliphatic rings. The fourth-order valence-corrected chi connectivity index (χ4v) is 2.03. The maximum atomic E-state index is 12.0. The molecule has 0 bridgehead atoms. The number of carbonyl (C=O) groups excluding carboxylic acids is 2. The summed E-state index contributed by atoms with van der Waals surface area (Å²) in [5.74, 6) is -0.0458. The first kappa shape index (κ1) is 14.8. The predicted octanol–water partition coefficient (Wildman–Crippen LogP) is 1.77. The highest BCUT2D eigenvalue weighted by atomic mass is 16.6. The lowest BCUT2D eigenvalue weighted by Gasteiger charge is -2.31. The van der Waals surface area contributed by atoms with Crippen LogP contribution in [0.3, 0.4) is 0 Å². The fourth-order valence-electron chi connectivity index (χ4n) is 2.03. The second-order valence-corrected chi connectivity index (χ2v) is 4.80. The van der Waals surface area contributed by atoms with Crippen LogP contribution in [0, 0.1) is 5.92 Å². The Morgan fingerprint density at radius 3 is 2.78 bits per heavy atom. The molecule has 2 unspecified atom stereocenters. The summed E-state index contributed by atoms with van der Waals surface area (Å²) in [5, 5.41) is 2.97. The Labute approximate surface area is 109 Å². The zero-order chi connectivity index (χ0) is 13.5. The summed E-state index contributed by atoms with van der Waals surface area (Å²) in [6.45, 7) is 7.35. The van der Waals surface area contributed by atoms with Crippen LogP contribution in [0.1, 0.15) is 40.0 Å². The van der Waals surface area contributed by atoms with Gasteiger partial charge < -0.3 is 15.0 Å². The van der Waals surface area contributed by atoms with Gasteiger partial charge in [0.25, 0.3) is 0 Å². The minimum absolute atomic E-state index is 0.0540. The number of rotatable bonds is 4. The van der Waals surface area contributed by atoms with Gasteiger partial charge in [0.1, 0.15) is 0 Å². The molecule has 2 atom stereocenters. The molecule has 0 saturated carbocycles. The molecule has 0 aliphatic carbocycles.